The van der Waals surface area contributed by atoms with Crippen molar-refractivity contribution in [2.24, 2.45) is 0 Å². The lowest BCUT2D eigenvalue weighted by Gasteiger charge is -2.08. The average molecular weight is 350 g/mol. The Hall–Kier alpha value is -2.80. The maximum absolute atomic E-state index is 12.2. The molecule has 8 heteroatoms. The van der Waals surface area contributed by atoms with E-state index in [1.54, 1.807) is 32.0 Å². The molecule has 0 aliphatic heterocycles. The number of esters is 1. The predicted molar refractivity (Wildman–Crippen MR) is 88.0 cm³/mol. The molecule has 0 saturated heterocycles. The Labute approximate surface area is 143 Å². The number of halogens is 1. The van der Waals surface area contributed by atoms with Crippen LogP contribution in [-0.2, 0) is 4.74 Å². The maximum Gasteiger partial charge on any atom is 0.339 e. The SMILES string of the molecule is COC(=O)c1c(C)[nH]c(C(=O)NNC(=O)c2ccccc2Cl)c1C. The summed E-state index contributed by atoms with van der Waals surface area (Å²) in [6, 6.07) is 6.45. The van der Waals surface area contributed by atoms with E-state index in [9.17, 15) is 14.4 Å². The lowest BCUT2D eigenvalue weighted by atomic mass is 10.1. The van der Waals surface area contributed by atoms with Crippen molar-refractivity contribution in [1.29, 1.82) is 0 Å². The van der Waals surface area contributed by atoms with E-state index in [-0.39, 0.29) is 16.3 Å². The fourth-order valence-corrected chi connectivity index (χ4v) is 2.50. The summed E-state index contributed by atoms with van der Waals surface area (Å²) in [5, 5.41) is 0.268. The number of ether oxygens (including phenoxy) is 1. The van der Waals surface area contributed by atoms with Gasteiger partial charge in [0, 0.05) is 5.69 Å². The Morgan fingerprint density at radius 3 is 2.33 bits per heavy atom. The van der Waals surface area contributed by atoms with Crippen molar-refractivity contribution in [2.75, 3.05) is 7.11 Å². The highest BCUT2D eigenvalue weighted by atomic mass is 35.5. The van der Waals surface area contributed by atoms with E-state index in [0.29, 0.717) is 16.8 Å². The number of aryl methyl sites for hydroxylation is 1. The predicted octanol–water partition coefficient (Wildman–Crippen LogP) is 2.15. The maximum atomic E-state index is 12.2. The molecule has 126 valence electrons. The molecular weight excluding hydrogens is 334 g/mol. The first-order valence-electron chi connectivity index (χ1n) is 6.99. The van der Waals surface area contributed by atoms with Gasteiger partial charge in [0.15, 0.2) is 0 Å². The van der Waals surface area contributed by atoms with Gasteiger partial charge in [-0.05, 0) is 31.5 Å². The Bertz CT molecular complexity index is 814. The quantitative estimate of drug-likeness (QED) is 0.583. The Balaban J connectivity index is 2.13. The lowest BCUT2D eigenvalue weighted by molar-refractivity contribution is 0.0599. The van der Waals surface area contributed by atoms with Crippen LogP contribution < -0.4 is 10.9 Å². The summed E-state index contributed by atoms with van der Waals surface area (Å²) in [5.41, 5.74) is 6.18. The monoisotopic (exact) mass is 349 g/mol. The number of hydrazine groups is 1. The molecule has 0 saturated carbocycles. The van der Waals surface area contributed by atoms with Crippen molar-refractivity contribution in [3.8, 4) is 0 Å². The van der Waals surface area contributed by atoms with Gasteiger partial charge in [-0.3, -0.25) is 20.4 Å². The minimum atomic E-state index is -0.592. The van der Waals surface area contributed by atoms with E-state index in [4.69, 9.17) is 11.6 Å². The minimum Gasteiger partial charge on any atom is -0.465 e. The molecule has 7 nitrogen and oxygen atoms in total. The third-order valence-electron chi connectivity index (χ3n) is 3.46. The van der Waals surface area contributed by atoms with Gasteiger partial charge in [-0.1, -0.05) is 23.7 Å². The summed E-state index contributed by atoms with van der Waals surface area (Å²) in [7, 11) is 1.26. The molecule has 0 bridgehead atoms. The van der Waals surface area contributed by atoms with E-state index in [1.807, 2.05) is 0 Å². The van der Waals surface area contributed by atoms with E-state index in [2.05, 4.69) is 20.6 Å². The first-order chi connectivity index (χ1) is 11.4. The number of nitrogens with one attached hydrogen (secondary N) is 3. The van der Waals surface area contributed by atoms with Crippen LogP contribution >= 0.6 is 11.6 Å². The van der Waals surface area contributed by atoms with Crippen molar-refractivity contribution in [3.05, 3.63) is 57.4 Å². The summed E-state index contributed by atoms with van der Waals surface area (Å²) in [4.78, 5) is 38.8. The van der Waals surface area contributed by atoms with Crippen LogP contribution in [0.15, 0.2) is 24.3 Å². The number of rotatable bonds is 3. The molecule has 1 aromatic heterocycles. The molecule has 0 fully saturated rings. The summed E-state index contributed by atoms with van der Waals surface area (Å²) < 4.78 is 4.69. The molecule has 0 unspecified atom stereocenters. The highest BCUT2D eigenvalue weighted by molar-refractivity contribution is 6.33. The molecule has 2 rings (SSSR count). The molecule has 0 radical (unpaired) electrons. The Morgan fingerprint density at radius 2 is 1.71 bits per heavy atom. The first-order valence-corrected chi connectivity index (χ1v) is 7.37. The summed E-state index contributed by atoms with van der Waals surface area (Å²) in [5.74, 6) is -1.69. The number of carbonyl (C=O) groups excluding carboxylic acids is 3. The van der Waals surface area contributed by atoms with Gasteiger partial charge in [0.1, 0.15) is 5.69 Å². The summed E-state index contributed by atoms with van der Waals surface area (Å²) >= 11 is 5.92. The molecule has 3 N–H and O–H groups in total. The van der Waals surface area contributed by atoms with Crippen LogP contribution in [0.4, 0.5) is 0 Å². The molecule has 2 amide bonds. The van der Waals surface area contributed by atoms with Gasteiger partial charge < -0.3 is 9.72 Å². The largest absolute Gasteiger partial charge is 0.465 e. The molecule has 1 aromatic carbocycles. The summed E-state index contributed by atoms with van der Waals surface area (Å²) in [6.45, 7) is 3.26. The van der Waals surface area contributed by atoms with Gasteiger partial charge in [0.2, 0.25) is 0 Å². The van der Waals surface area contributed by atoms with Gasteiger partial charge in [-0.15, -0.1) is 0 Å². The number of benzene rings is 1. The summed E-state index contributed by atoms with van der Waals surface area (Å²) in [6.07, 6.45) is 0. The second kappa shape index (κ2) is 7.18. The minimum absolute atomic E-state index is 0.160. The smallest absolute Gasteiger partial charge is 0.339 e. The highest BCUT2D eigenvalue weighted by Gasteiger charge is 2.22. The zero-order valence-electron chi connectivity index (χ0n) is 13.3. The second-order valence-electron chi connectivity index (χ2n) is 5.00. The van der Waals surface area contributed by atoms with Crippen LogP contribution in [0.3, 0.4) is 0 Å². The van der Waals surface area contributed by atoms with Gasteiger partial charge in [0.25, 0.3) is 11.8 Å². The number of hydrogen-bond donors (Lipinski definition) is 3. The van der Waals surface area contributed by atoms with Crippen LogP contribution in [0.25, 0.3) is 0 Å². The molecule has 2 aromatic rings. The Kier molecular flexibility index (Phi) is 5.25. The molecule has 0 spiro atoms. The standard InChI is InChI=1S/C16H16ClN3O4/c1-8-12(16(23)24-3)9(2)18-13(8)15(22)20-19-14(21)10-6-4-5-7-11(10)17/h4-7,18H,1-3H3,(H,19,21)(H,20,22). The molecule has 24 heavy (non-hydrogen) atoms. The number of amides is 2. The van der Waals surface area contributed by atoms with E-state index >= 15 is 0 Å². The van der Waals surface area contributed by atoms with Crippen LogP contribution in [-0.4, -0.2) is 29.9 Å². The first kappa shape index (κ1) is 17.6. The molecule has 0 aliphatic carbocycles. The van der Waals surface area contributed by atoms with Crippen molar-refractivity contribution >= 4 is 29.4 Å². The van der Waals surface area contributed by atoms with Crippen LogP contribution in [0.5, 0.6) is 0 Å². The molecule has 0 aliphatic rings. The number of H-pyrrole nitrogens is 1. The normalized spacial score (nSPS) is 10.2. The zero-order chi connectivity index (χ0) is 17.9. The fraction of sp³-hybridized carbons (Fsp3) is 0.188. The molecular formula is C16H16ClN3O4. The highest BCUT2D eigenvalue weighted by Crippen LogP contribution is 2.19. The molecule has 0 atom stereocenters. The van der Waals surface area contributed by atoms with Crippen LogP contribution in [0.2, 0.25) is 5.02 Å². The van der Waals surface area contributed by atoms with Crippen molar-refractivity contribution in [2.45, 2.75) is 13.8 Å². The number of aromatic amines is 1. The van der Waals surface area contributed by atoms with Crippen molar-refractivity contribution in [1.82, 2.24) is 15.8 Å². The van der Waals surface area contributed by atoms with E-state index in [0.717, 1.165) is 0 Å². The van der Waals surface area contributed by atoms with Crippen LogP contribution in [0.1, 0.15) is 42.5 Å². The second-order valence-corrected chi connectivity index (χ2v) is 5.41. The van der Waals surface area contributed by atoms with E-state index in [1.165, 1.54) is 13.2 Å². The third kappa shape index (κ3) is 3.41. The van der Waals surface area contributed by atoms with Crippen molar-refractivity contribution < 1.29 is 19.1 Å². The molecule has 1 heterocycles. The van der Waals surface area contributed by atoms with Crippen molar-refractivity contribution in [3.63, 3.8) is 0 Å². The van der Waals surface area contributed by atoms with E-state index < -0.39 is 17.8 Å². The fourth-order valence-electron chi connectivity index (χ4n) is 2.27. The lowest BCUT2D eigenvalue weighted by Crippen LogP contribution is -2.42. The third-order valence-corrected chi connectivity index (χ3v) is 3.79. The number of carbonyl (C=O) groups is 3. The van der Waals surface area contributed by atoms with Gasteiger partial charge in [-0.25, -0.2) is 4.79 Å². The van der Waals surface area contributed by atoms with Gasteiger partial charge in [0.05, 0.1) is 23.3 Å². The number of hydrogen-bond acceptors (Lipinski definition) is 4. The average Bonchev–Trinajstić information content (AvgIpc) is 2.86. The number of aromatic nitrogens is 1. The number of methoxy groups -OCH3 is 1. The van der Waals surface area contributed by atoms with Crippen LogP contribution in [0, 0.1) is 13.8 Å². The van der Waals surface area contributed by atoms with Gasteiger partial charge in [-0.2, -0.15) is 0 Å². The zero-order valence-corrected chi connectivity index (χ0v) is 14.1. The van der Waals surface area contributed by atoms with Gasteiger partial charge >= 0.3 is 5.97 Å². The topological polar surface area (TPSA) is 100 Å². The Morgan fingerprint density at radius 1 is 1.08 bits per heavy atom.